The average molecular weight is 463 g/mol. The molecule has 2 fully saturated rings. The van der Waals surface area contributed by atoms with Gasteiger partial charge in [0.2, 0.25) is 5.95 Å². The number of fused-ring (bicyclic) bond motifs is 1. The predicted molar refractivity (Wildman–Crippen MR) is 141 cm³/mol. The number of aromatic nitrogens is 2. The number of rotatable bonds is 6. The zero-order valence-corrected chi connectivity index (χ0v) is 19.6. The summed E-state index contributed by atoms with van der Waals surface area (Å²) in [6.07, 6.45) is 4.27. The Morgan fingerprint density at radius 3 is 2.59 bits per heavy atom. The highest BCUT2D eigenvalue weighted by Crippen LogP contribution is 2.26. The van der Waals surface area contributed by atoms with E-state index in [0.717, 1.165) is 74.5 Å². The second-order valence-corrected chi connectivity index (χ2v) is 9.27. The SMILES string of the molecule is C.CC(C)N1CCC(Oc2ccc3cnc(Nc4cccc(N5CCNCC5)c4)nc3c2)CC1. The van der Waals surface area contributed by atoms with Crippen molar-refractivity contribution < 1.29 is 4.74 Å². The Morgan fingerprint density at radius 2 is 1.82 bits per heavy atom. The van der Waals surface area contributed by atoms with Crippen molar-refractivity contribution in [3.63, 3.8) is 0 Å². The van der Waals surface area contributed by atoms with Crippen LogP contribution < -0.4 is 20.3 Å². The maximum absolute atomic E-state index is 6.31. The summed E-state index contributed by atoms with van der Waals surface area (Å²) in [4.78, 5) is 14.2. The zero-order chi connectivity index (χ0) is 22.6. The van der Waals surface area contributed by atoms with Crippen LogP contribution in [0.3, 0.4) is 0 Å². The van der Waals surface area contributed by atoms with Crippen LogP contribution >= 0.6 is 0 Å². The molecular formula is C27H38N6O. The van der Waals surface area contributed by atoms with Crippen LogP contribution in [0.1, 0.15) is 34.1 Å². The number of benzene rings is 2. The molecule has 3 heterocycles. The summed E-state index contributed by atoms with van der Waals surface area (Å²) in [5.41, 5.74) is 3.11. The molecule has 0 spiro atoms. The molecule has 0 aliphatic carbocycles. The lowest BCUT2D eigenvalue weighted by Gasteiger charge is -2.34. The van der Waals surface area contributed by atoms with Gasteiger partial charge in [-0.05, 0) is 57.0 Å². The molecule has 2 aliphatic rings. The van der Waals surface area contributed by atoms with Crippen molar-refractivity contribution in [2.75, 3.05) is 49.5 Å². The van der Waals surface area contributed by atoms with Gasteiger partial charge in [0.25, 0.3) is 0 Å². The average Bonchev–Trinajstić information content (AvgIpc) is 2.85. The molecule has 5 rings (SSSR count). The normalized spacial score (nSPS) is 17.6. The van der Waals surface area contributed by atoms with E-state index in [0.29, 0.717) is 12.0 Å². The Balaban J connectivity index is 0.00000274. The van der Waals surface area contributed by atoms with Crippen molar-refractivity contribution in [1.29, 1.82) is 0 Å². The summed E-state index contributed by atoms with van der Waals surface area (Å²) in [6, 6.07) is 15.2. The van der Waals surface area contributed by atoms with Crippen molar-refractivity contribution in [2.45, 2.75) is 46.3 Å². The molecule has 7 heteroatoms. The molecule has 34 heavy (non-hydrogen) atoms. The number of piperazine rings is 1. The van der Waals surface area contributed by atoms with Crippen LogP contribution in [0.5, 0.6) is 5.75 Å². The molecule has 3 aromatic rings. The maximum atomic E-state index is 6.31. The third-order valence-corrected chi connectivity index (χ3v) is 6.65. The van der Waals surface area contributed by atoms with Crippen LogP contribution in [0.15, 0.2) is 48.7 Å². The number of hydrogen-bond acceptors (Lipinski definition) is 7. The van der Waals surface area contributed by atoms with E-state index in [9.17, 15) is 0 Å². The van der Waals surface area contributed by atoms with Crippen molar-refractivity contribution in [1.82, 2.24) is 20.2 Å². The third-order valence-electron chi connectivity index (χ3n) is 6.65. The third kappa shape index (κ3) is 5.77. The summed E-state index contributed by atoms with van der Waals surface area (Å²) in [5, 5.41) is 7.79. The number of ether oxygens (including phenoxy) is 1. The van der Waals surface area contributed by atoms with Crippen molar-refractivity contribution >= 4 is 28.2 Å². The first-order valence-corrected chi connectivity index (χ1v) is 12.1. The minimum Gasteiger partial charge on any atom is -0.490 e. The van der Waals surface area contributed by atoms with Gasteiger partial charge >= 0.3 is 0 Å². The largest absolute Gasteiger partial charge is 0.490 e. The van der Waals surface area contributed by atoms with E-state index < -0.39 is 0 Å². The highest BCUT2D eigenvalue weighted by molar-refractivity contribution is 5.80. The van der Waals surface area contributed by atoms with Gasteiger partial charge < -0.3 is 25.2 Å². The van der Waals surface area contributed by atoms with E-state index in [1.807, 2.05) is 24.4 Å². The van der Waals surface area contributed by atoms with E-state index in [-0.39, 0.29) is 13.5 Å². The van der Waals surface area contributed by atoms with Crippen molar-refractivity contribution in [3.05, 3.63) is 48.7 Å². The first kappa shape index (κ1) is 24.2. The first-order chi connectivity index (χ1) is 16.1. The molecule has 0 atom stereocenters. The molecule has 2 N–H and O–H groups in total. The lowest BCUT2D eigenvalue weighted by Crippen LogP contribution is -2.43. The molecule has 2 saturated heterocycles. The molecule has 2 aliphatic heterocycles. The van der Waals surface area contributed by atoms with E-state index in [4.69, 9.17) is 9.72 Å². The van der Waals surface area contributed by atoms with Gasteiger partial charge in [0.05, 0.1) is 5.52 Å². The lowest BCUT2D eigenvalue weighted by atomic mass is 10.1. The summed E-state index contributed by atoms with van der Waals surface area (Å²) < 4.78 is 6.31. The fraction of sp³-hybridized carbons (Fsp3) is 0.481. The number of nitrogens with one attached hydrogen (secondary N) is 2. The summed E-state index contributed by atoms with van der Waals surface area (Å²) in [6.45, 7) is 10.8. The molecule has 0 bridgehead atoms. The van der Waals surface area contributed by atoms with Crippen LogP contribution in [0.4, 0.5) is 17.3 Å². The molecule has 0 radical (unpaired) electrons. The summed E-state index contributed by atoms with van der Waals surface area (Å²) >= 11 is 0. The number of hydrogen-bond donors (Lipinski definition) is 2. The fourth-order valence-electron chi connectivity index (χ4n) is 4.67. The van der Waals surface area contributed by atoms with Gasteiger partial charge in [0.1, 0.15) is 11.9 Å². The molecular weight excluding hydrogens is 424 g/mol. The first-order valence-electron chi connectivity index (χ1n) is 12.1. The van der Waals surface area contributed by atoms with E-state index in [1.54, 1.807) is 0 Å². The Morgan fingerprint density at radius 1 is 1.03 bits per heavy atom. The van der Waals surface area contributed by atoms with E-state index in [1.165, 1.54) is 5.69 Å². The predicted octanol–water partition coefficient (Wildman–Crippen LogP) is 4.67. The highest BCUT2D eigenvalue weighted by Gasteiger charge is 2.22. The minimum atomic E-state index is 0. The number of piperidine rings is 1. The van der Waals surface area contributed by atoms with Crippen molar-refractivity contribution in [3.8, 4) is 5.75 Å². The summed E-state index contributed by atoms with van der Waals surface area (Å²) in [5.74, 6) is 1.48. The van der Waals surface area contributed by atoms with Gasteiger partial charge in [-0.1, -0.05) is 13.5 Å². The summed E-state index contributed by atoms with van der Waals surface area (Å²) in [7, 11) is 0. The maximum Gasteiger partial charge on any atom is 0.227 e. The molecule has 7 nitrogen and oxygen atoms in total. The van der Waals surface area contributed by atoms with Crippen LogP contribution in [-0.4, -0.2) is 66.3 Å². The molecule has 2 aromatic carbocycles. The van der Waals surface area contributed by atoms with E-state index in [2.05, 4.69) is 63.5 Å². The van der Waals surface area contributed by atoms with Gasteiger partial charge in [0.15, 0.2) is 0 Å². The van der Waals surface area contributed by atoms with E-state index >= 15 is 0 Å². The molecule has 0 amide bonds. The minimum absolute atomic E-state index is 0. The second-order valence-electron chi connectivity index (χ2n) is 9.27. The van der Waals surface area contributed by atoms with Crippen LogP contribution in [0, 0.1) is 0 Å². The number of likely N-dealkylation sites (tertiary alicyclic amines) is 1. The highest BCUT2D eigenvalue weighted by atomic mass is 16.5. The zero-order valence-electron chi connectivity index (χ0n) is 19.6. The topological polar surface area (TPSA) is 65.6 Å². The standard InChI is InChI=1S/C26H34N6O.CH4/c1-19(2)31-12-8-23(9-13-31)33-24-7-6-20-18-28-26(30-25(20)17-24)29-21-4-3-5-22(16-21)32-14-10-27-11-15-32;/h3-7,16-19,23,27H,8-15H2,1-2H3,(H,28,29,30);1H4. The Labute approximate surface area is 203 Å². The Kier molecular flexibility index (Phi) is 7.85. The van der Waals surface area contributed by atoms with Crippen LogP contribution in [-0.2, 0) is 0 Å². The molecule has 0 unspecified atom stereocenters. The second kappa shape index (κ2) is 11.0. The van der Waals surface area contributed by atoms with Gasteiger partial charge in [-0.2, -0.15) is 0 Å². The monoisotopic (exact) mass is 462 g/mol. The molecule has 1 aromatic heterocycles. The molecule has 0 saturated carbocycles. The van der Waals surface area contributed by atoms with Gasteiger partial charge in [0, 0.05) is 74.3 Å². The number of nitrogens with zero attached hydrogens (tertiary/aromatic N) is 4. The van der Waals surface area contributed by atoms with Crippen molar-refractivity contribution in [2.24, 2.45) is 0 Å². The lowest BCUT2D eigenvalue weighted by molar-refractivity contribution is 0.0844. The van der Waals surface area contributed by atoms with Gasteiger partial charge in [-0.3, -0.25) is 0 Å². The smallest absolute Gasteiger partial charge is 0.227 e. The fourth-order valence-corrected chi connectivity index (χ4v) is 4.67. The molecule has 182 valence electrons. The quantitative estimate of drug-likeness (QED) is 0.552. The van der Waals surface area contributed by atoms with Crippen LogP contribution in [0.25, 0.3) is 10.9 Å². The Bertz CT molecular complexity index is 1070. The van der Waals surface area contributed by atoms with Gasteiger partial charge in [-0.15, -0.1) is 0 Å². The van der Waals surface area contributed by atoms with Gasteiger partial charge in [-0.25, -0.2) is 9.97 Å². The van der Waals surface area contributed by atoms with Crippen LogP contribution in [0.2, 0.25) is 0 Å². The number of anilines is 3. The Hall–Kier alpha value is -2.90.